The van der Waals surface area contributed by atoms with Crippen molar-refractivity contribution >= 4 is 23.1 Å². The number of hydrogen-bond acceptors (Lipinski definition) is 4. The topological polar surface area (TPSA) is 79.3 Å². The molecule has 2 heterocycles. The van der Waals surface area contributed by atoms with Crippen LogP contribution in [0.3, 0.4) is 0 Å². The smallest absolute Gasteiger partial charge is 0.358 e. The van der Waals surface area contributed by atoms with Crippen LogP contribution in [0.2, 0.25) is 0 Å². The lowest BCUT2D eigenvalue weighted by atomic mass is 10.2. The number of pyridine rings is 1. The number of carboxylic acids is 1. The van der Waals surface area contributed by atoms with E-state index in [0.717, 1.165) is 11.3 Å². The molecule has 0 saturated heterocycles. The molecule has 3 rings (SSSR count). The van der Waals surface area contributed by atoms with Crippen molar-refractivity contribution in [3.63, 3.8) is 0 Å². The number of fused-ring (bicyclic) bond motifs is 1. The Morgan fingerprint density at radius 2 is 1.86 bits per heavy atom. The molecule has 0 fully saturated rings. The zero-order chi connectivity index (χ0) is 15.7. The highest BCUT2D eigenvalue weighted by molar-refractivity contribution is 5.91. The minimum atomic E-state index is -1.12. The Morgan fingerprint density at radius 1 is 1.09 bits per heavy atom. The van der Waals surface area contributed by atoms with E-state index in [1.165, 1.54) is 0 Å². The number of carboxylic acid groups (broad SMARTS) is 1. The Morgan fingerprint density at radius 3 is 2.59 bits per heavy atom. The molecule has 0 unspecified atom stereocenters. The molecule has 6 heteroatoms. The van der Waals surface area contributed by atoms with Gasteiger partial charge in [-0.1, -0.05) is 24.3 Å². The van der Waals surface area contributed by atoms with Gasteiger partial charge < -0.3 is 5.11 Å². The van der Waals surface area contributed by atoms with Crippen LogP contribution in [0, 0.1) is 13.8 Å². The summed E-state index contributed by atoms with van der Waals surface area (Å²) >= 11 is 0. The fourth-order valence-corrected chi connectivity index (χ4v) is 2.25. The highest BCUT2D eigenvalue weighted by atomic mass is 16.4. The molecule has 0 spiro atoms. The largest absolute Gasteiger partial charge is 0.476 e. The molecule has 0 atom stereocenters. The van der Waals surface area contributed by atoms with Gasteiger partial charge >= 0.3 is 5.97 Å². The van der Waals surface area contributed by atoms with Gasteiger partial charge in [0.2, 0.25) is 0 Å². The summed E-state index contributed by atoms with van der Waals surface area (Å²) in [6.45, 7) is 3.79. The second-order valence-electron chi connectivity index (χ2n) is 4.94. The van der Waals surface area contributed by atoms with E-state index in [0.29, 0.717) is 11.3 Å². The molecule has 1 aromatic carbocycles. The third kappa shape index (κ3) is 2.35. The standard InChI is InChI=1S/C16H14N4O2/c1-10-6-3-4-8-12(10)18-19-15-14(16(21)22)17-13-9-5-7-11(2)20(13)15/h3-9H,1-2H3,(H,21,22). The van der Waals surface area contributed by atoms with Crippen LogP contribution in [0.5, 0.6) is 0 Å². The Hall–Kier alpha value is -3.02. The van der Waals surface area contributed by atoms with Gasteiger partial charge in [-0.15, -0.1) is 10.2 Å². The van der Waals surface area contributed by atoms with Crippen LogP contribution < -0.4 is 0 Å². The van der Waals surface area contributed by atoms with Gasteiger partial charge in [-0.3, -0.25) is 4.40 Å². The summed E-state index contributed by atoms with van der Waals surface area (Å²) in [7, 11) is 0. The SMILES string of the molecule is Cc1ccccc1N=Nc1c(C(=O)O)nc2cccc(C)n12. The van der Waals surface area contributed by atoms with Gasteiger partial charge in [0, 0.05) is 5.69 Å². The lowest BCUT2D eigenvalue weighted by Crippen LogP contribution is -1.97. The van der Waals surface area contributed by atoms with E-state index >= 15 is 0 Å². The van der Waals surface area contributed by atoms with Crippen LogP contribution >= 0.6 is 0 Å². The molecule has 0 aliphatic rings. The first-order chi connectivity index (χ1) is 10.6. The Bertz CT molecular complexity index is 896. The average molecular weight is 294 g/mol. The fraction of sp³-hybridized carbons (Fsp3) is 0.125. The summed E-state index contributed by atoms with van der Waals surface area (Å²) in [6, 6.07) is 13.0. The van der Waals surface area contributed by atoms with E-state index in [2.05, 4.69) is 15.2 Å². The molecule has 0 radical (unpaired) electrons. The van der Waals surface area contributed by atoms with Crippen molar-refractivity contribution in [1.29, 1.82) is 0 Å². The predicted octanol–water partition coefficient (Wildman–Crippen LogP) is 4.06. The molecule has 3 aromatic rings. The molecule has 0 aliphatic heterocycles. The third-order valence-electron chi connectivity index (χ3n) is 3.38. The number of nitrogens with zero attached hydrogens (tertiary/aromatic N) is 4. The highest BCUT2D eigenvalue weighted by Crippen LogP contribution is 2.26. The second kappa shape index (κ2) is 5.40. The maximum absolute atomic E-state index is 11.4. The second-order valence-corrected chi connectivity index (χ2v) is 4.94. The molecular formula is C16H14N4O2. The number of benzene rings is 1. The highest BCUT2D eigenvalue weighted by Gasteiger charge is 2.19. The molecule has 0 bridgehead atoms. The molecule has 1 N–H and O–H groups in total. The van der Waals surface area contributed by atoms with Crippen LogP contribution in [0.15, 0.2) is 52.7 Å². The van der Waals surface area contributed by atoms with Crippen LogP contribution in [-0.4, -0.2) is 20.5 Å². The fourth-order valence-electron chi connectivity index (χ4n) is 2.25. The van der Waals surface area contributed by atoms with Crippen LogP contribution in [0.1, 0.15) is 21.7 Å². The number of imidazole rings is 1. The number of carbonyl (C=O) groups is 1. The number of aromatic carboxylic acids is 1. The van der Waals surface area contributed by atoms with Crippen LogP contribution in [-0.2, 0) is 0 Å². The van der Waals surface area contributed by atoms with Crippen molar-refractivity contribution in [2.24, 2.45) is 10.2 Å². The summed E-state index contributed by atoms with van der Waals surface area (Å²) in [5, 5.41) is 17.7. The number of aromatic nitrogens is 2. The minimum Gasteiger partial charge on any atom is -0.476 e. The monoisotopic (exact) mass is 294 g/mol. The van der Waals surface area contributed by atoms with Gasteiger partial charge in [0.05, 0.1) is 5.69 Å². The zero-order valence-corrected chi connectivity index (χ0v) is 12.2. The summed E-state index contributed by atoms with van der Waals surface area (Å²) in [5.74, 6) is -0.898. The van der Waals surface area contributed by atoms with Gasteiger partial charge in [0.1, 0.15) is 5.65 Å². The maximum atomic E-state index is 11.4. The molecule has 6 nitrogen and oxygen atoms in total. The normalized spacial score (nSPS) is 11.4. The molecule has 110 valence electrons. The number of hydrogen-bond donors (Lipinski definition) is 1. The molecule has 0 amide bonds. The zero-order valence-electron chi connectivity index (χ0n) is 12.2. The molecule has 22 heavy (non-hydrogen) atoms. The third-order valence-corrected chi connectivity index (χ3v) is 3.38. The maximum Gasteiger partial charge on any atom is 0.358 e. The lowest BCUT2D eigenvalue weighted by Gasteiger charge is -2.01. The predicted molar refractivity (Wildman–Crippen MR) is 82.2 cm³/mol. The van der Waals surface area contributed by atoms with E-state index in [1.54, 1.807) is 10.5 Å². The Kier molecular flexibility index (Phi) is 3.42. The first-order valence-corrected chi connectivity index (χ1v) is 6.76. The number of rotatable bonds is 3. The minimum absolute atomic E-state index is 0.105. The van der Waals surface area contributed by atoms with E-state index < -0.39 is 5.97 Å². The van der Waals surface area contributed by atoms with E-state index in [4.69, 9.17) is 0 Å². The number of azo groups is 1. The van der Waals surface area contributed by atoms with Gasteiger partial charge in [-0.05, 0) is 37.6 Å². The lowest BCUT2D eigenvalue weighted by molar-refractivity contribution is 0.0692. The van der Waals surface area contributed by atoms with Crippen molar-refractivity contribution in [3.05, 3.63) is 59.4 Å². The van der Waals surface area contributed by atoms with Crippen molar-refractivity contribution in [2.45, 2.75) is 13.8 Å². The van der Waals surface area contributed by atoms with Crippen molar-refractivity contribution in [3.8, 4) is 0 Å². The first kappa shape index (κ1) is 13.9. The summed E-state index contributed by atoms with van der Waals surface area (Å²) in [5.41, 5.74) is 2.94. The van der Waals surface area contributed by atoms with Crippen LogP contribution in [0.4, 0.5) is 11.5 Å². The van der Waals surface area contributed by atoms with E-state index in [9.17, 15) is 9.90 Å². The van der Waals surface area contributed by atoms with Crippen molar-refractivity contribution < 1.29 is 9.90 Å². The van der Waals surface area contributed by atoms with E-state index in [1.807, 2.05) is 50.2 Å². The molecular weight excluding hydrogens is 280 g/mol. The molecule has 0 aliphatic carbocycles. The average Bonchev–Trinajstić information content (AvgIpc) is 2.87. The van der Waals surface area contributed by atoms with Gasteiger partial charge in [-0.25, -0.2) is 9.78 Å². The van der Waals surface area contributed by atoms with E-state index in [-0.39, 0.29) is 11.5 Å². The summed E-state index contributed by atoms with van der Waals surface area (Å²) < 4.78 is 1.69. The summed E-state index contributed by atoms with van der Waals surface area (Å²) in [4.78, 5) is 15.5. The quantitative estimate of drug-likeness (QED) is 0.739. The van der Waals surface area contributed by atoms with Gasteiger partial charge in [-0.2, -0.15) is 0 Å². The van der Waals surface area contributed by atoms with Gasteiger partial charge in [0.15, 0.2) is 11.5 Å². The van der Waals surface area contributed by atoms with Crippen LogP contribution in [0.25, 0.3) is 5.65 Å². The van der Waals surface area contributed by atoms with Gasteiger partial charge in [0.25, 0.3) is 0 Å². The summed E-state index contributed by atoms with van der Waals surface area (Å²) in [6.07, 6.45) is 0. The Labute approximate surface area is 126 Å². The molecule has 0 saturated carbocycles. The van der Waals surface area contributed by atoms with Crippen molar-refractivity contribution in [2.75, 3.05) is 0 Å². The number of aryl methyl sites for hydroxylation is 2. The Balaban J connectivity index is 2.19. The van der Waals surface area contributed by atoms with Crippen molar-refractivity contribution in [1.82, 2.24) is 9.38 Å². The first-order valence-electron chi connectivity index (χ1n) is 6.76. The molecule has 2 aromatic heterocycles.